The molecule has 0 aliphatic heterocycles. The molecule has 1 aliphatic carbocycles. The van der Waals surface area contributed by atoms with E-state index in [0.717, 1.165) is 24.0 Å². The highest BCUT2D eigenvalue weighted by Gasteiger charge is 2.36. The molecule has 16 heavy (non-hydrogen) atoms. The van der Waals surface area contributed by atoms with Gasteiger partial charge < -0.3 is 5.32 Å². The summed E-state index contributed by atoms with van der Waals surface area (Å²) < 4.78 is 0. The van der Waals surface area contributed by atoms with Gasteiger partial charge in [0.05, 0.1) is 0 Å². The fraction of sp³-hybridized carbons (Fsp3) is 0.667. The maximum absolute atomic E-state index is 5.94. The monoisotopic (exact) mass is 239 g/mol. The molecule has 0 aromatic carbocycles. The zero-order chi connectivity index (χ0) is 11.5. The Bertz CT molecular complexity index is 367. The molecule has 4 heteroatoms. The number of hydrogen-bond donors (Lipinski definition) is 1. The van der Waals surface area contributed by atoms with Crippen molar-refractivity contribution >= 4 is 17.4 Å². The molecule has 1 saturated carbocycles. The van der Waals surface area contributed by atoms with Gasteiger partial charge in [-0.3, -0.25) is 0 Å². The molecule has 0 saturated heterocycles. The zero-order valence-electron chi connectivity index (χ0n) is 9.83. The fourth-order valence-electron chi connectivity index (χ4n) is 2.00. The fourth-order valence-corrected chi connectivity index (χ4v) is 2.20. The van der Waals surface area contributed by atoms with Crippen LogP contribution >= 0.6 is 11.6 Å². The third-order valence-corrected chi connectivity index (χ3v) is 3.17. The van der Waals surface area contributed by atoms with Crippen LogP contribution in [0.5, 0.6) is 0 Å². The molecule has 3 nitrogen and oxygen atoms in total. The van der Waals surface area contributed by atoms with Crippen molar-refractivity contribution in [3.05, 3.63) is 17.0 Å². The molecule has 88 valence electrons. The van der Waals surface area contributed by atoms with Crippen molar-refractivity contribution in [1.29, 1.82) is 0 Å². The van der Waals surface area contributed by atoms with Gasteiger partial charge in [-0.15, -0.1) is 0 Å². The van der Waals surface area contributed by atoms with Gasteiger partial charge in [0.2, 0.25) is 0 Å². The van der Waals surface area contributed by atoms with E-state index in [1.54, 1.807) is 0 Å². The predicted molar refractivity (Wildman–Crippen MR) is 66.8 cm³/mol. The number of rotatable bonds is 5. The highest BCUT2D eigenvalue weighted by molar-refractivity contribution is 6.29. The van der Waals surface area contributed by atoms with Gasteiger partial charge in [0, 0.05) is 18.5 Å². The smallest absolute Gasteiger partial charge is 0.134 e. The van der Waals surface area contributed by atoms with Gasteiger partial charge in [-0.2, -0.15) is 0 Å². The molecule has 1 aromatic heterocycles. The third-order valence-electron chi connectivity index (χ3n) is 2.97. The Morgan fingerprint density at radius 2 is 2.25 bits per heavy atom. The van der Waals surface area contributed by atoms with Crippen molar-refractivity contribution in [1.82, 2.24) is 9.97 Å². The maximum atomic E-state index is 5.94. The van der Waals surface area contributed by atoms with E-state index in [0.29, 0.717) is 11.2 Å². The maximum Gasteiger partial charge on any atom is 0.134 e. The number of nitrogens with one attached hydrogen (secondary N) is 1. The summed E-state index contributed by atoms with van der Waals surface area (Å²) >= 11 is 5.94. The van der Waals surface area contributed by atoms with Crippen LogP contribution in [0.1, 0.15) is 38.9 Å². The normalized spacial score (nSPS) is 23.2. The molecule has 1 fully saturated rings. The van der Waals surface area contributed by atoms with Crippen LogP contribution < -0.4 is 5.32 Å². The highest BCUT2D eigenvalue weighted by Crippen LogP contribution is 2.37. The Hall–Kier alpha value is -0.830. The second-order valence-corrected chi connectivity index (χ2v) is 4.77. The standard InChI is InChI=1S/C12H18ClN3/c1-3-5-8-6-9(8)14-12-7-10(13)15-11(4-2)16-12/h7-9H,3-6H2,1-2H3,(H,14,15,16). The van der Waals surface area contributed by atoms with Crippen LogP contribution in [0.2, 0.25) is 5.15 Å². The average Bonchev–Trinajstić information content (AvgIpc) is 2.96. The van der Waals surface area contributed by atoms with Crippen LogP contribution in [-0.2, 0) is 6.42 Å². The van der Waals surface area contributed by atoms with E-state index < -0.39 is 0 Å². The first-order chi connectivity index (χ1) is 7.72. The summed E-state index contributed by atoms with van der Waals surface area (Å²) in [6.07, 6.45) is 4.64. The number of anilines is 1. The molecule has 0 spiro atoms. The number of nitrogens with zero attached hydrogens (tertiary/aromatic N) is 2. The summed E-state index contributed by atoms with van der Waals surface area (Å²) in [5.41, 5.74) is 0. The van der Waals surface area contributed by atoms with Gasteiger partial charge in [0.25, 0.3) is 0 Å². The number of hydrogen-bond acceptors (Lipinski definition) is 3. The van der Waals surface area contributed by atoms with Crippen LogP contribution in [0.4, 0.5) is 5.82 Å². The van der Waals surface area contributed by atoms with Crippen LogP contribution in [0.3, 0.4) is 0 Å². The van der Waals surface area contributed by atoms with E-state index in [1.807, 2.05) is 13.0 Å². The van der Waals surface area contributed by atoms with Gasteiger partial charge in [0.15, 0.2) is 0 Å². The Morgan fingerprint density at radius 1 is 1.44 bits per heavy atom. The summed E-state index contributed by atoms with van der Waals surface area (Å²) in [6.45, 7) is 4.26. The van der Waals surface area contributed by atoms with Gasteiger partial charge in [0.1, 0.15) is 16.8 Å². The summed E-state index contributed by atoms with van der Waals surface area (Å²) in [5, 5.41) is 3.96. The molecule has 2 atom stereocenters. The van der Waals surface area contributed by atoms with Crippen LogP contribution in [0.25, 0.3) is 0 Å². The molecule has 0 bridgehead atoms. The molecule has 0 radical (unpaired) electrons. The minimum atomic E-state index is 0.530. The quantitative estimate of drug-likeness (QED) is 0.802. The first-order valence-electron chi connectivity index (χ1n) is 6.03. The Labute approximate surface area is 102 Å². The van der Waals surface area contributed by atoms with Crippen LogP contribution in [0, 0.1) is 5.92 Å². The second kappa shape index (κ2) is 5.00. The second-order valence-electron chi connectivity index (χ2n) is 4.38. The highest BCUT2D eigenvalue weighted by atomic mass is 35.5. The summed E-state index contributed by atoms with van der Waals surface area (Å²) in [7, 11) is 0. The number of aromatic nitrogens is 2. The molecule has 0 amide bonds. The molecule has 2 rings (SSSR count). The minimum absolute atomic E-state index is 0.530. The zero-order valence-corrected chi connectivity index (χ0v) is 10.6. The molecular formula is C12H18ClN3. The van der Waals surface area contributed by atoms with E-state index >= 15 is 0 Å². The Kier molecular flexibility index (Phi) is 3.64. The molecule has 1 aromatic rings. The van der Waals surface area contributed by atoms with Crippen molar-refractivity contribution < 1.29 is 0 Å². The van der Waals surface area contributed by atoms with Gasteiger partial charge >= 0.3 is 0 Å². The minimum Gasteiger partial charge on any atom is -0.367 e. The van der Waals surface area contributed by atoms with E-state index in [2.05, 4.69) is 22.2 Å². The van der Waals surface area contributed by atoms with E-state index in [-0.39, 0.29) is 0 Å². The molecule has 1 aliphatic rings. The van der Waals surface area contributed by atoms with Crippen molar-refractivity contribution in [2.24, 2.45) is 5.92 Å². The van der Waals surface area contributed by atoms with E-state index in [4.69, 9.17) is 11.6 Å². The number of halogens is 1. The van der Waals surface area contributed by atoms with Crippen molar-refractivity contribution in [2.75, 3.05) is 5.32 Å². The first kappa shape index (κ1) is 11.6. The van der Waals surface area contributed by atoms with Crippen LogP contribution in [0.15, 0.2) is 6.07 Å². The molecule has 2 unspecified atom stereocenters. The average molecular weight is 240 g/mol. The van der Waals surface area contributed by atoms with Gasteiger partial charge in [-0.1, -0.05) is 31.9 Å². The van der Waals surface area contributed by atoms with Crippen molar-refractivity contribution in [3.63, 3.8) is 0 Å². The number of aryl methyl sites for hydroxylation is 1. The van der Waals surface area contributed by atoms with E-state index in [9.17, 15) is 0 Å². The van der Waals surface area contributed by atoms with Gasteiger partial charge in [-0.05, 0) is 18.8 Å². The topological polar surface area (TPSA) is 37.8 Å². The lowest BCUT2D eigenvalue weighted by Crippen LogP contribution is -2.08. The largest absolute Gasteiger partial charge is 0.367 e. The third kappa shape index (κ3) is 2.85. The Balaban J connectivity index is 1.97. The van der Waals surface area contributed by atoms with Gasteiger partial charge in [-0.25, -0.2) is 9.97 Å². The first-order valence-corrected chi connectivity index (χ1v) is 6.40. The molecular weight excluding hydrogens is 222 g/mol. The lowest BCUT2D eigenvalue weighted by Gasteiger charge is -2.06. The summed E-state index contributed by atoms with van der Waals surface area (Å²) in [6, 6.07) is 2.40. The van der Waals surface area contributed by atoms with Crippen molar-refractivity contribution in [3.8, 4) is 0 Å². The van der Waals surface area contributed by atoms with Crippen LogP contribution in [-0.4, -0.2) is 16.0 Å². The predicted octanol–water partition coefficient (Wildman–Crippen LogP) is 3.29. The SMILES string of the molecule is CCCC1CC1Nc1cc(Cl)nc(CC)n1. The lowest BCUT2D eigenvalue weighted by molar-refractivity contribution is 0.692. The summed E-state index contributed by atoms with van der Waals surface area (Å²) in [5.74, 6) is 2.51. The van der Waals surface area contributed by atoms with Crippen molar-refractivity contribution in [2.45, 2.75) is 45.6 Å². The Morgan fingerprint density at radius 3 is 2.94 bits per heavy atom. The lowest BCUT2D eigenvalue weighted by atomic mass is 10.2. The molecule has 1 heterocycles. The summed E-state index contributed by atoms with van der Waals surface area (Å²) in [4.78, 5) is 8.57. The van der Waals surface area contributed by atoms with E-state index in [1.165, 1.54) is 19.3 Å². The molecule has 1 N–H and O–H groups in total.